The lowest BCUT2D eigenvalue weighted by molar-refractivity contribution is -0.134. The number of piperidine rings is 1. The first kappa shape index (κ1) is 21.5. The summed E-state index contributed by atoms with van der Waals surface area (Å²) in [4.78, 5) is 33.9. The van der Waals surface area contributed by atoms with Crippen molar-refractivity contribution in [2.75, 3.05) is 19.6 Å². The van der Waals surface area contributed by atoms with Crippen molar-refractivity contribution in [2.24, 2.45) is 22.6 Å². The van der Waals surface area contributed by atoms with Crippen molar-refractivity contribution in [2.45, 2.75) is 38.1 Å². The molecule has 2 amide bonds. The Hall–Kier alpha value is -3.35. The van der Waals surface area contributed by atoms with Gasteiger partial charge in [0.15, 0.2) is 11.5 Å². The Bertz CT molecular complexity index is 1120. The molecule has 0 aromatic heterocycles. The molecule has 1 saturated carbocycles. The van der Waals surface area contributed by atoms with Crippen LogP contribution in [0.2, 0.25) is 0 Å². The van der Waals surface area contributed by atoms with E-state index in [0.717, 1.165) is 55.5 Å². The van der Waals surface area contributed by atoms with Crippen LogP contribution >= 0.6 is 0 Å². The van der Waals surface area contributed by atoms with Gasteiger partial charge in [0.05, 0.1) is 0 Å². The molecule has 1 aliphatic carbocycles. The van der Waals surface area contributed by atoms with Crippen LogP contribution < -0.4 is 5.73 Å². The molecule has 0 bridgehead atoms. The highest BCUT2D eigenvalue weighted by molar-refractivity contribution is 6.07. The van der Waals surface area contributed by atoms with Crippen LogP contribution in [0.25, 0.3) is 11.1 Å². The topological polar surface area (TPSA) is 99.2 Å². The maximum atomic E-state index is 13.9. The fraction of sp³-hybridized carbons (Fsp3) is 0.423. The zero-order chi connectivity index (χ0) is 23.2. The number of hydrogen-bond acceptors (Lipinski definition) is 5. The first-order valence-corrected chi connectivity index (χ1v) is 11.7. The van der Waals surface area contributed by atoms with Gasteiger partial charge in [0.2, 0.25) is 5.91 Å². The lowest BCUT2D eigenvalue weighted by atomic mass is 9.83. The molecular formula is C26H30N4O3. The third kappa shape index (κ3) is 3.86. The third-order valence-corrected chi connectivity index (χ3v) is 7.29. The molecule has 5 rings (SSSR count). The van der Waals surface area contributed by atoms with E-state index < -0.39 is 5.54 Å². The van der Waals surface area contributed by atoms with Crippen LogP contribution in [0.15, 0.2) is 53.5 Å². The van der Waals surface area contributed by atoms with E-state index in [1.165, 1.54) is 0 Å². The number of aliphatic imine (C=N–C) groups is 1. The Morgan fingerprint density at radius 3 is 2.39 bits per heavy atom. The van der Waals surface area contributed by atoms with E-state index in [1.54, 1.807) is 24.0 Å². The summed E-state index contributed by atoms with van der Waals surface area (Å²) in [5, 5.41) is 9.90. The molecule has 0 radical (unpaired) electrons. The van der Waals surface area contributed by atoms with Crippen molar-refractivity contribution in [3.05, 3.63) is 54.1 Å². The molecule has 172 valence electrons. The van der Waals surface area contributed by atoms with Crippen molar-refractivity contribution in [3.63, 3.8) is 0 Å². The molecule has 3 aliphatic rings. The largest absolute Gasteiger partial charge is 0.508 e. The molecular weight excluding hydrogens is 416 g/mol. The van der Waals surface area contributed by atoms with Crippen LogP contribution in [0, 0.1) is 11.8 Å². The van der Waals surface area contributed by atoms with Gasteiger partial charge in [0, 0.05) is 26.6 Å². The minimum absolute atomic E-state index is 0.0374. The predicted octanol–water partition coefficient (Wildman–Crippen LogP) is 3.08. The Balaban J connectivity index is 1.42. The number of likely N-dealkylation sites (tertiary alicyclic amines) is 1. The lowest BCUT2D eigenvalue weighted by Gasteiger charge is -2.34. The second-order valence-corrected chi connectivity index (χ2v) is 9.51. The number of hydrogen-bond donors (Lipinski definition) is 2. The number of amides is 2. The molecule has 7 heteroatoms. The van der Waals surface area contributed by atoms with E-state index >= 15 is 0 Å². The van der Waals surface area contributed by atoms with Crippen LogP contribution in [0.4, 0.5) is 0 Å². The van der Waals surface area contributed by atoms with Gasteiger partial charge in [-0.05, 0) is 72.4 Å². The van der Waals surface area contributed by atoms with Gasteiger partial charge in [-0.3, -0.25) is 14.5 Å². The first-order valence-electron chi connectivity index (χ1n) is 11.7. The lowest BCUT2D eigenvalue weighted by Crippen LogP contribution is -2.48. The molecule has 2 aromatic carbocycles. The van der Waals surface area contributed by atoms with Gasteiger partial charge in [0.1, 0.15) is 5.75 Å². The minimum Gasteiger partial charge on any atom is -0.508 e. The minimum atomic E-state index is -0.975. The number of phenolic OH excluding ortho intramolecular Hbond substituents is 1. The molecule has 33 heavy (non-hydrogen) atoms. The number of nitrogens with two attached hydrogens (primary N) is 1. The van der Waals surface area contributed by atoms with Gasteiger partial charge in [0.25, 0.3) is 5.91 Å². The molecule has 3 N–H and O–H groups in total. The van der Waals surface area contributed by atoms with Gasteiger partial charge in [-0.2, -0.15) is 0 Å². The van der Waals surface area contributed by atoms with Crippen LogP contribution in [0.3, 0.4) is 0 Å². The normalized spacial score (nSPS) is 23.7. The average Bonchev–Trinajstić information content (AvgIpc) is 3.63. The summed E-state index contributed by atoms with van der Waals surface area (Å²) >= 11 is 0. The van der Waals surface area contributed by atoms with E-state index in [4.69, 9.17) is 10.7 Å². The van der Waals surface area contributed by atoms with Crippen molar-refractivity contribution >= 4 is 17.8 Å². The van der Waals surface area contributed by atoms with Crippen LogP contribution in [-0.2, 0) is 15.1 Å². The zero-order valence-electron chi connectivity index (χ0n) is 18.9. The highest BCUT2D eigenvalue weighted by Crippen LogP contribution is 2.52. The summed E-state index contributed by atoms with van der Waals surface area (Å²) in [5.41, 5.74) is 8.07. The number of aromatic hydroxyl groups is 1. The summed E-state index contributed by atoms with van der Waals surface area (Å²) < 4.78 is 0. The standard InChI is InChI=1S/C26H30N4O3/c1-17(31)29-12-10-18(11-13-29)16-30-24(33)26(21-8-9-21,28-25(30)27)22-6-2-4-19(14-22)20-5-3-7-23(32)15-20/h2-7,14-15,18,21,32H,8-13,16H2,1H3,(H2,27,28). The SMILES string of the molecule is CC(=O)N1CCC(CN2C(=O)C(c3cccc(-c4cccc(O)c4)c3)(C3CC3)N=C2N)CC1. The second kappa shape index (κ2) is 8.21. The zero-order valence-corrected chi connectivity index (χ0v) is 18.9. The first-order chi connectivity index (χ1) is 15.9. The quantitative estimate of drug-likeness (QED) is 0.737. The van der Waals surface area contributed by atoms with Gasteiger partial charge in [-0.25, -0.2) is 4.99 Å². The molecule has 1 saturated heterocycles. The molecule has 0 spiro atoms. The molecule has 2 aromatic rings. The maximum Gasteiger partial charge on any atom is 0.262 e. The Labute approximate surface area is 193 Å². The smallest absolute Gasteiger partial charge is 0.262 e. The average molecular weight is 447 g/mol. The van der Waals surface area contributed by atoms with E-state index in [0.29, 0.717) is 18.4 Å². The fourth-order valence-electron chi connectivity index (χ4n) is 5.28. The van der Waals surface area contributed by atoms with Gasteiger partial charge in [-0.1, -0.05) is 30.3 Å². The number of carbonyl (C=O) groups is 2. The number of rotatable bonds is 5. The molecule has 1 unspecified atom stereocenters. The van der Waals surface area contributed by atoms with E-state index in [1.807, 2.05) is 41.3 Å². The number of phenols is 1. The van der Waals surface area contributed by atoms with Crippen molar-refractivity contribution < 1.29 is 14.7 Å². The molecule has 2 aliphatic heterocycles. The molecule has 7 nitrogen and oxygen atoms in total. The summed E-state index contributed by atoms with van der Waals surface area (Å²) in [7, 11) is 0. The van der Waals surface area contributed by atoms with Gasteiger partial charge >= 0.3 is 0 Å². The van der Waals surface area contributed by atoms with E-state index in [-0.39, 0.29) is 23.5 Å². The fourth-order valence-corrected chi connectivity index (χ4v) is 5.28. The number of benzene rings is 2. The van der Waals surface area contributed by atoms with Crippen molar-refractivity contribution in [3.8, 4) is 16.9 Å². The summed E-state index contributed by atoms with van der Waals surface area (Å²) in [6, 6.07) is 15.0. The second-order valence-electron chi connectivity index (χ2n) is 9.51. The monoisotopic (exact) mass is 446 g/mol. The predicted molar refractivity (Wildman–Crippen MR) is 126 cm³/mol. The molecule has 2 fully saturated rings. The Morgan fingerprint density at radius 2 is 1.76 bits per heavy atom. The summed E-state index contributed by atoms with van der Waals surface area (Å²) in [6.07, 6.45) is 3.62. The van der Waals surface area contributed by atoms with Crippen LogP contribution in [0.5, 0.6) is 5.75 Å². The highest BCUT2D eigenvalue weighted by atomic mass is 16.3. The molecule has 1 atom stereocenters. The highest BCUT2D eigenvalue weighted by Gasteiger charge is 2.58. The summed E-state index contributed by atoms with van der Waals surface area (Å²) in [5.74, 6) is 1.01. The van der Waals surface area contributed by atoms with Crippen LogP contribution in [0.1, 0.15) is 38.2 Å². The van der Waals surface area contributed by atoms with Gasteiger partial charge < -0.3 is 15.7 Å². The number of nitrogens with zero attached hydrogens (tertiary/aromatic N) is 3. The maximum absolute atomic E-state index is 13.9. The number of guanidine groups is 1. The Kier molecular flexibility index (Phi) is 5.35. The van der Waals surface area contributed by atoms with E-state index in [9.17, 15) is 14.7 Å². The third-order valence-electron chi connectivity index (χ3n) is 7.29. The van der Waals surface area contributed by atoms with Crippen molar-refractivity contribution in [1.82, 2.24) is 9.80 Å². The van der Waals surface area contributed by atoms with Crippen molar-refractivity contribution in [1.29, 1.82) is 0 Å². The van der Waals surface area contributed by atoms with E-state index in [2.05, 4.69) is 0 Å². The summed E-state index contributed by atoms with van der Waals surface area (Å²) in [6.45, 7) is 3.59. The Morgan fingerprint density at radius 1 is 1.09 bits per heavy atom. The van der Waals surface area contributed by atoms with Gasteiger partial charge in [-0.15, -0.1) is 0 Å². The number of carbonyl (C=O) groups excluding carboxylic acids is 2. The molecule has 2 heterocycles. The van der Waals surface area contributed by atoms with Crippen LogP contribution in [-0.4, -0.2) is 52.3 Å².